The summed E-state index contributed by atoms with van der Waals surface area (Å²) in [5.74, 6) is -1.95. The van der Waals surface area contributed by atoms with E-state index in [1.807, 2.05) is 44.2 Å². The summed E-state index contributed by atoms with van der Waals surface area (Å²) in [7, 11) is 0. The predicted molar refractivity (Wildman–Crippen MR) is 131 cm³/mol. The third kappa shape index (κ3) is 5.40. The van der Waals surface area contributed by atoms with Crippen molar-refractivity contribution in [2.45, 2.75) is 33.3 Å². The summed E-state index contributed by atoms with van der Waals surface area (Å²) in [5, 5.41) is 0. The second kappa shape index (κ2) is 10.7. The van der Waals surface area contributed by atoms with Crippen molar-refractivity contribution in [2.75, 3.05) is 6.61 Å². The molecule has 0 aliphatic carbocycles. The largest absolute Gasteiger partial charge is 0.377 e. The highest BCUT2D eigenvalue weighted by Crippen LogP contribution is 2.32. The summed E-state index contributed by atoms with van der Waals surface area (Å²) in [5.41, 5.74) is 5.22. The summed E-state index contributed by atoms with van der Waals surface area (Å²) >= 11 is 0. The summed E-state index contributed by atoms with van der Waals surface area (Å²) in [6, 6.07) is 23.1. The van der Waals surface area contributed by atoms with Gasteiger partial charge < -0.3 is 4.74 Å². The molecular weight excluding hydrogens is 433 g/mol. The lowest BCUT2D eigenvalue weighted by Gasteiger charge is -2.11. The van der Waals surface area contributed by atoms with Crippen LogP contribution >= 0.6 is 0 Å². The Bertz CT molecular complexity index is 1260. The molecule has 0 unspecified atom stereocenters. The van der Waals surface area contributed by atoms with Crippen LogP contribution in [0.2, 0.25) is 0 Å². The van der Waals surface area contributed by atoms with Gasteiger partial charge in [-0.25, -0.2) is 13.2 Å². The van der Waals surface area contributed by atoms with E-state index < -0.39 is 11.6 Å². The van der Waals surface area contributed by atoms with E-state index >= 15 is 0 Å². The molecule has 1 nitrogen and oxygen atoms in total. The minimum atomic E-state index is -0.861. The Labute approximate surface area is 198 Å². The summed E-state index contributed by atoms with van der Waals surface area (Å²) in [6.45, 7) is 4.84. The van der Waals surface area contributed by atoms with Gasteiger partial charge in [0.25, 0.3) is 0 Å². The summed E-state index contributed by atoms with van der Waals surface area (Å²) < 4.78 is 49.5. The molecule has 0 fully saturated rings. The molecule has 0 spiro atoms. The van der Waals surface area contributed by atoms with Crippen molar-refractivity contribution < 1.29 is 17.9 Å². The number of rotatable bonds is 8. The van der Waals surface area contributed by atoms with E-state index in [0.717, 1.165) is 16.7 Å². The maximum absolute atomic E-state index is 14.9. The lowest BCUT2D eigenvalue weighted by molar-refractivity contribution is 0.134. The van der Waals surface area contributed by atoms with Gasteiger partial charge in [0.15, 0.2) is 11.6 Å². The van der Waals surface area contributed by atoms with Gasteiger partial charge in [-0.1, -0.05) is 78.4 Å². The average Bonchev–Trinajstić information content (AvgIpc) is 2.85. The van der Waals surface area contributed by atoms with Crippen molar-refractivity contribution in [1.82, 2.24) is 0 Å². The zero-order valence-electron chi connectivity index (χ0n) is 19.4. The second-order valence-electron chi connectivity index (χ2n) is 8.41. The molecule has 4 aromatic carbocycles. The van der Waals surface area contributed by atoms with Crippen molar-refractivity contribution in [3.05, 3.63) is 119 Å². The maximum Gasteiger partial charge on any atom is 0.167 e. The number of hydrogen-bond acceptors (Lipinski definition) is 1. The molecule has 0 atom stereocenters. The standard InChI is InChI=1S/C30H27F3O/c1-3-34-19-22-9-15-25(28(31)18-22)14-8-21-6-12-24(13-7-21)27-17-16-26(29(32)30(27)33)23-10-4-20(2)5-11-23/h4-7,9-13,15-18H,3,8,14,19H2,1-2H3. The highest BCUT2D eigenvalue weighted by molar-refractivity contribution is 5.72. The lowest BCUT2D eigenvalue weighted by Crippen LogP contribution is -1.98. The second-order valence-corrected chi connectivity index (χ2v) is 8.41. The van der Waals surface area contributed by atoms with Gasteiger partial charge in [-0.2, -0.15) is 0 Å². The topological polar surface area (TPSA) is 9.23 Å². The lowest BCUT2D eigenvalue weighted by atomic mass is 9.96. The molecule has 0 N–H and O–H groups in total. The van der Waals surface area contributed by atoms with Crippen LogP contribution in [0.3, 0.4) is 0 Å². The van der Waals surface area contributed by atoms with Crippen molar-refractivity contribution in [1.29, 1.82) is 0 Å². The van der Waals surface area contributed by atoms with Crippen molar-refractivity contribution >= 4 is 0 Å². The van der Waals surface area contributed by atoms with Crippen LogP contribution in [0.1, 0.15) is 29.2 Å². The molecule has 0 aromatic heterocycles. The molecule has 0 heterocycles. The molecule has 0 radical (unpaired) electrons. The van der Waals surface area contributed by atoms with Crippen LogP contribution < -0.4 is 0 Å². The van der Waals surface area contributed by atoms with Crippen LogP contribution in [0.5, 0.6) is 0 Å². The molecule has 0 aliphatic heterocycles. The minimum absolute atomic E-state index is 0.218. The molecule has 0 amide bonds. The van der Waals surface area contributed by atoms with Crippen molar-refractivity contribution in [2.24, 2.45) is 0 Å². The van der Waals surface area contributed by atoms with E-state index in [-0.39, 0.29) is 16.9 Å². The molecule has 174 valence electrons. The molecule has 4 heteroatoms. The third-order valence-corrected chi connectivity index (χ3v) is 5.98. The van der Waals surface area contributed by atoms with Gasteiger partial charge in [-0.3, -0.25) is 0 Å². The van der Waals surface area contributed by atoms with Crippen LogP contribution in [-0.2, 0) is 24.2 Å². The zero-order chi connectivity index (χ0) is 24.1. The number of aryl methyl sites for hydroxylation is 3. The SMILES string of the molecule is CCOCc1ccc(CCc2ccc(-c3ccc(-c4ccc(C)cc4)c(F)c3F)cc2)c(F)c1. The number of ether oxygens (including phenoxy) is 1. The van der Waals surface area contributed by atoms with E-state index in [1.54, 1.807) is 42.5 Å². The molecule has 4 rings (SSSR count). The number of benzene rings is 4. The predicted octanol–water partition coefficient (Wildman–Crippen LogP) is 8.07. The van der Waals surface area contributed by atoms with Crippen LogP contribution in [0.4, 0.5) is 13.2 Å². The third-order valence-electron chi connectivity index (χ3n) is 5.98. The first-order valence-electron chi connectivity index (χ1n) is 11.5. The zero-order valence-corrected chi connectivity index (χ0v) is 19.4. The highest BCUT2D eigenvalue weighted by Gasteiger charge is 2.16. The minimum Gasteiger partial charge on any atom is -0.377 e. The van der Waals surface area contributed by atoms with Crippen molar-refractivity contribution in [3.8, 4) is 22.3 Å². The first kappa shape index (κ1) is 23.8. The Morgan fingerprint density at radius 3 is 1.76 bits per heavy atom. The van der Waals surface area contributed by atoms with Crippen LogP contribution in [-0.4, -0.2) is 6.61 Å². The van der Waals surface area contributed by atoms with Crippen molar-refractivity contribution in [3.63, 3.8) is 0 Å². The van der Waals surface area contributed by atoms with Gasteiger partial charge >= 0.3 is 0 Å². The monoisotopic (exact) mass is 460 g/mol. The van der Waals surface area contributed by atoms with Crippen LogP contribution in [0, 0.1) is 24.4 Å². The Kier molecular flexibility index (Phi) is 7.49. The molecule has 0 saturated carbocycles. The van der Waals surface area contributed by atoms with Crippen LogP contribution in [0.25, 0.3) is 22.3 Å². The molecular formula is C30H27F3O. The smallest absolute Gasteiger partial charge is 0.167 e. The maximum atomic E-state index is 14.9. The summed E-state index contributed by atoms with van der Waals surface area (Å²) in [6.07, 6.45) is 1.19. The summed E-state index contributed by atoms with van der Waals surface area (Å²) in [4.78, 5) is 0. The van der Waals surface area contributed by atoms with Gasteiger partial charge in [0, 0.05) is 17.7 Å². The molecule has 0 bridgehead atoms. The van der Waals surface area contributed by atoms with Gasteiger partial charge in [-0.15, -0.1) is 0 Å². The fourth-order valence-corrected chi connectivity index (χ4v) is 3.96. The first-order valence-corrected chi connectivity index (χ1v) is 11.5. The Morgan fingerprint density at radius 1 is 0.647 bits per heavy atom. The van der Waals surface area contributed by atoms with E-state index in [2.05, 4.69) is 0 Å². The van der Waals surface area contributed by atoms with E-state index in [0.29, 0.717) is 42.7 Å². The number of hydrogen-bond donors (Lipinski definition) is 0. The van der Waals surface area contributed by atoms with E-state index in [9.17, 15) is 13.2 Å². The van der Waals surface area contributed by atoms with Crippen LogP contribution in [0.15, 0.2) is 78.9 Å². The van der Waals surface area contributed by atoms with E-state index in [1.165, 1.54) is 6.07 Å². The van der Waals surface area contributed by atoms with Gasteiger partial charge in [0.05, 0.1) is 6.61 Å². The normalized spacial score (nSPS) is 11.1. The fourth-order valence-electron chi connectivity index (χ4n) is 3.96. The molecule has 4 aromatic rings. The Hall–Kier alpha value is -3.37. The highest BCUT2D eigenvalue weighted by atomic mass is 19.2. The van der Waals surface area contributed by atoms with Gasteiger partial charge in [0.2, 0.25) is 0 Å². The van der Waals surface area contributed by atoms with E-state index in [4.69, 9.17) is 4.74 Å². The Morgan fingerprint density at radius 2 is 1.21 bits per heavy atom. The Balaban J connectivity index is 1.46. The fraction of sp³-hybridized carbons (Fsp3) is 0.200. The van der Waals surface area contributed by atoms with Gasteiger partial charge in [0.1, 0.15) is 5.82 Å². The molecule has 0 saturated heterocycles. The first-order chi connectivity index (χ1) is 16.5. The average molecular weight is 461 g/mol. The van der Waals surface area contributed by atoms with Gasteiger partial charge in [-0.05, 0) is 60.6 Å². The quantitative estimate of drug-likeness (QED) is 0.258. The molecule has 0 aliphatic rings. The molecule has 34 heavy (non-hydrogen) atoms. The number of halogens is 3.